The van der Waals surface area contributed by atoms with Crippen LogP contribution in [0.5, 0.6) is 0 Å². The van der Waals surface area contributed by atoms with Crippen molar-refractivity contribution in [1.82, 2.24) is 25.3 Å². The van der Waals surface area contributed by atoms with E-state index in [1.165, 1.54) is 64.8 Å². The summed E-state index contributed by atoms with van der Waals surface area (Å²) in [6, 6.07) is 72.9. The number of hydrogen-bond acceptors (Lipinski definition) is 11. The Bertz CT molecular complexity index is 4860. The number of H-pyrrole nitrogens is 4. The molecule has 17 nitrogen and oxygen atoms in total. The number of ether oxygens (including phenoxy) is 2. The number of para-hydroxylation sites is 4. The Morgan fingerprint density at radius 2 is 0.877 bits per heavy atom. The van der Waals surface area contributed by atoms with E-state index in [1.54, 1.807) is 0 Å². The Hall–Kier alpha value is -9.26. The summed E-state index contributed by atoms with van der Waals surface area (Å²) in [4.78, 5) is 62.1. The van der Waals surface area contributed by atoms with Crippen LogP contribution in [0.25, 0.3) is 43.6 Å². The Kier molecular flexibility index (Phi) is 36.4. The smallest absolute Gasteiger partial charge is 0.870 e. The molecule has 114 heavy (non-hydrogen) atoms. The number of amides is 1. The van der Waals surface area contributed by atoms with Crippen LogP contribution in [0, 0.1) is 40.9 Å². The Balaban J connectivity index is 0.000000210. The third-order valence-corrected chi connectivity index (χ3v) is 23.2. The maximum absolute atomic E-state index is 14.1. The van der Waals surface area contributed by atoms with E-state index in [-0.39, 0.29) is 85.0 Å². The van der Waals surface area contributed by atoms with Crippen molar-refractivity contribution in [2.45, 2.75) is 155 Å². The second kappa shape index (κ2) is 45.1. The van der Waals surface area contributed by atoms with Crippen molar-refractivity contribution in [3.63, 3.8) is 0 Å². The topological polar surface area (TPSA) is 277 Å². The van der Waals surface area contributed by atoms with Gasteiger partial charge in [-0.1, -0.05) is 245 Å². The minimum atomic E-state index is -0.721. The Labute approximate surface area is 693 Å². The molecule has 1 saturated heterocycles. The van der Waals surface area contributed by atoms with Crippen molar-refractivity contribution >= 4 is 90.5 Å². The van der Waals surface area contributed by atoms with Gasteiger partial charge in [-0.2, -0.15) is 0 Å². The molecule has 3 saturated carbocycles. The second-order valence-corrected chi connectivity index (χ2v) is 31.2. The summed E-state index contributed by atoms with van der Waals surface area (Å²) in [5, 5.41) is 25.5. The Morgan fingerprint density at radius 1 is 0.526 bits per heavy atom. The van der Waals surface area contributed by atoms with Crippen LogP contribution in [-0.2, 0) is 88.2 Å². The maximum atomic E-state index is 14.1. The van der Waals surface area contributed by atoms with E-state index < -0.39 is 19.1 Å². The number of aryl methyl sites for hydroxylation is 3. The molecule has 4 aliphatic rings. The SMILES string of the molecule is BrCc1ccccc1.C.CC(C)C[C@H](NC(=O)[C@@H](CCc1ccccc1)Cc1c[nH]c2ccccc12)B1O[C@@H]2C[C@@H]3C[C@@H](C3(C)C)[C@]2(C)O1.CO.COC(=O)[C@@H](CCc1ccccc1)Cc1c[nH]c2ccccc12.COC(=O)[C@@H](N)Cc1c[nH]c2ccccc12.O=C(O)[C@@H](CCc1ccccc1)Cc1c[nH]c2ccccc12.[Li+].[OH-]. The number of aromatic amines is 4. The van der Waals surface area contributed by atoms with Gasteiger partial charge in [0.25, 0.3) is 0 Å². The number of nitrogens with two attached hydrogens (primary N) is 1. The van der Waals surface area contributed by atoms with E-state index in [2.05, 4.69) is 166 Å². The van der Waals surface area contributed by atoms with Gasteiger partial charge < -0.3 is 65.5 Å². The molecular weight excluding hydrogens is 1490 g/mol. The summed E-state index contributed by atoms with van der Waals surface area (Å²) in [7, 11) is 3.41. The quantitative estimate of drug-likeness (QED) is 0.0143. The van der Waals surface area contributed by atoms with Crippen molar-refractivity contribution in [3.05, 3.63) is 288 Å². The number of nitrogens with one attached hydrogen (secondary N) is 5. The minimum Gasteiger partial charge on any atom is -0.870 e. The first kappa shape index (κ1) is 91.9. The van der Waals surface area contributed by atoms with Crippen LogP contribution in [0.15, 0.2) is 243 Å². The largest absolute Gasteiger partial charge is 1.00 e. The molecular formula is C94H115BBrLiN6O11. The standard InChI is InChI=1S/C34H45BN2O3.C20H21NO2.C19H19NO2.C12H14N2O2.C7H7Br.CH4O.CH4.Li.H2O/c1-22(2)17-31(35-39-30-20-26-19-29(33(26,3)4)34(30,5)40-35)37-32(38)24(16-15-23-11-7-6-8-12-23)18-25-21-36-28-14-10-9-13-27(25)28;1-23-20(22)16(12-11-15-7-3-2-4-8-15)13-17-14-21-19-10-6-5-9-18(17)19;21-19(22)15(11-10-14-6-2-1-3-7-14)12-16-13-20-18-9-5-4-8-17(16)18;1-16-12(15)10(13)6-8-7-14-11-5-3-2-4-9(8)11;8-6-7-4-2-1-3-5-7;1-2;;;/h6-14,21-22,24,26,29-31,36H,15-20H2,1-5H3,(H,37,38);2-10,14,16,21H,11-13H2,1H3;1-9,13,15,20H,10-12H2,(H,21,22);2-5,7,10,14H,6,13H2,1H3;1-5H,6H2;2H,1H3;1H4;;1H2/q;;;;;;;+1;/p-1/t24-,26-,29-,30+,31-,34-;16-;15-;10-;;;;;/m0000...../s1. The summed E-state index contributed by atoms with van der Waals surface area (Å²) in [6.07, 6.45) is 18.3. The number of aliphatic hydroxyl groups is 1. The van der Waals surface area contributed by atoms with Gasteiger partial charge >= 0.3 is 43.9 Å². The molecule has 5 heterocycles. The predicted molar refractivity (Wildman–Crippen MR) is 460 cm³/mol. The third kappa shape index (κ3) is 24.4. The van der Waals surface area contributed by atoms with Crippen LogP contribution in [0.3, 0.4) is 0 Å². The first-order valence-electron chi connectivity index (χ1n) is 39.0. The molecule has 9 atom stereocenters. The summed E-state index contributed by atoms with van der Waals surface area (Å²) < 4.78 is 23.1. The number of methoxy groups -OCH3 is 2. The number of esters is 2. The zero-order chi connectivity index (χ0) is 78.9. The molecule has 16 rings (SSSR count). The molecule has 3 aliphatic carbocycles. The van der Waals surface area contributed by atoms with Crippen LogP contribution in [0.1, 0.15) is 125 Å². The van der Waals surface area contributed by atoms with Crippen molar-refractivity contribution in [1.29, 1.82) is 0 Å². The third-order valence-electron chi connectivity index (χ3n) is 22.5. The molecule has 0 spiro atoms. The first-order valence-corrected chi connectivity index (χ1v) is 40.1. The summed E-state index contributed by atoms with van der Waals surface area (Å²) >= 11 is 3.36. The number of aliphatic hydroxyl groups excluding tert-OH is 1. The second-order valence-electron chi connectivity index (χ2n) is 30.6. The molecule has 2 bridgehead atoms. The fourth-order valence-corrected chi connectivity index (χ4v) is 16.6. The minimum absolute atomic E-state index is 0. The van der Waals surface area contributed by atoms with E-state index in [0.29, 0.717) is 55.3 Å². The van der Waals surface area contributed by atoms with Gasteiger partial charge in [0.2, 0.25) is 5.91 Å². The zero-order valence-electron chi connectivity index (χ0n) is 66.8. The van der Waals surface area contributed by atoms with Gasteiger partial charge in [0.15, 0.2) is 0 Å². The van der Waals surface area contributed by atoms with Crippen LogP contribution in [0.4, 0.5) is 0 Å². The average Bonchev–Trinajstić information content (AvgIpc) is 1.48. The molecule has 10 N–H and O–H groups in total. The van der Waals surface area contributed by atoms with Crippen LogP contribution >= 0.6 is 15.9 Å². The maximum Gasteiger partial charge on any atom is 1.00 e. The summed E-state index contributed by atoms with van der Waals surface area (Å²) in [5.74, 6) is -0.327. The van der Waals surface area contributed by atoms with Crippen LogP contribution < -0.4 is 29.9 Å². The number of fused-ring (bicyclic) bond motifs is 4. The number of carboxylic acids is 1. The average molecular weight is 1600 g/mol. The Morgan fingerprint density at radius 3 is 1.25 bits per heavy atom. The molecule has 20 heteroatoms. The molecule has 8 aromatic carbocycles. The first-order chi connectivity index (χ1) is 53.8. The number of alkyl halides is 1. The van der Waals surface area contributed by atoms with E-state index in [0.717, 1.165) is 101 Å². The number of aliphatic carboxylic acids is 1. The fourth-order valence-electron chi connectivity index (χ4n) is 16.2. The van der Waals surface area contributed by atoms with Gasteiger partial charge in [0.1, 0.15) is 6.04 Å². The molecule has 0 radical (unpaired) electrons. The molecule has 4 fully saturated rings. The number of benzene rings is 8. The molecule has 598 valence electrons. The fraction of sp³-hybridized carbons (Fsp3) is 0.362. The number of halogens is 1. The predicted octanol–water partition coefficient (Wildman–Crippen LogP) is 15.8. The van der Waals surface area contributed by atoms with Gasteiger partial charge in [-0.15, -0.1) is 0 Å². The molecule has 12 aromatic rings. The van der Waals surface area contributed by atoms with Gasteiger partial charge in [0, 0.05) is 93.2 Å². The normalized spacial score (nSPS) is 17.2. The molecule has 1 amide bonds. The monoisotopic (exact) mass is 1600 g/mol. The van der Waals surface area contributed by atoms with Gasteiger partial charge in [-0.3, -0.25) is 19.2 Å². The van der Waals surface area contributed by atoms with Crippen LogP contribution in [-0.4, -0.2) is 112 Å². The number of carbonyl (C=O) groups is 4. The summed E-state index contributed by atoms with van der Waals surface area (Å²) in [5.41, 5.74) is 19.6. The van der Waals surface area contributed by atoms with E-state index in [4.69, 9.17) is 24.9 Å². The van der Waals surface area contributed by atoms with E-state index in [1.807, 2.05) is 158 Å². The number of rotatable bonds is 26. The van der Waals surface area contributed by atoms with Gasteiger partial charge in [-0.25, -0.2) is 0 Å². The number of carboxylic acid groups (broad SMARTS) is 1. The van der Waals surface area contributed by atoms with E-state index in [9.17, 15) is 24.3 Å². The molecule has 0 unspecified atom stereocenters. The molecule has 1 aliphatic heterocycles. The van der Waals surface area contributed by atoms with Crippen molar-refractivity contribution in [2.24, 2.45) is 46.7 Å². The zero-order valence-corrected chi connectivity index (χ0v) is 68.4. The van der Waals surface area contributed by atoms with Crippen molar-refractivity contribution in [3.8, 4) is 0 Å². The van der Waals surface area contributed by atoms with Crippen molar-refractivity contribution < 1.29 is 72.5 Å². The number of carbonyl (C=O) groups excluding carboxylic acids is 3. The van der Waals surface area contributed by atoms with Crippen LogP contribution in [0.2, 0.25) is 0 Å². The van der Waals surface area contributed by atoms with Gasteiger partial charge in [0.05, 0.1) is 43.7 Å². The number of aromatic nitrogens is 4. The molecule has 4 aromatic heterocycles. The van der Waals surface area contributed by atoms with E-state index >= 15 is 0 Å². The number of hydrogen-bond donors (Lipinski definition) is 8. The van der Waals surface area contributed by atoms with Gasteiger partial charge in [-0.05, 0) is 176 Å². The van der Waals surface area contributed by atoms with Crippen molar-refractivity contribution in [2.75, 3.05) is 21.3 Å². The summed E-state index contributed by atoms with van der Waals surface area (Å²) in [6.45, 7) is 11.5.